The first-order valence-corrected chi connectivity index (χ1v) is 6.84. The van der Waals surface area contributed by atoms with Crippen LogP contribution in [-0.4, -0.2) is 33.3 Å². The van der Waals surface area contributed by atoms with Crippen molar-refractivity contribution in [3.05, 3.63) is 28.5 Å². The van der Waals surface area contributed by atoms with E-state index in [9.17, 15) is 9.59 Å². The second-order valence-electron chi connectivity index (χ2n) is 5.19. The lowest BCUT2D eigenvalue weighted by Gasteiger charge is -2.41. The molecule has 1 aromatic heterocycles. The van der Waals surface area contributed by atoms with Crippen molar-refractivity contribution >= 4 is 27.7 Å². The van der Waals surface area contributed by atoms with Gasteiger partial charge in [0.25, 0.3) is 0 Å². The summed E-state index contributed by atoms with van der Waals surface area (Å²) in [4.78, 5) is 30.0. The first-order valence-electron chi connectivity index (χ1n) is 6.05. The van der Waals surface area contributed by atoms with Gasteiger partial charge < -0.3 is 10.2 Å². The lowest BCUT2D eigenvalue weighted by Crippen LogP contribution is -2.67. The van der Waals surface area contributed by atoms with Crippen LogP contribution in [0.3, 0.4) is 0 Å². The number of nitrogens with zero attached hydrogens (tertiary/aromatic N) is 2. The molecular formula is C13H16BrN3O2. The minimum absolute atomic E-state index is 0.0932. The van der Waals surface area contributed by atoms with Crippen LogP contribution in [0.2, 0.25) is 0 Å². The Bertz CT molecular complexity index is 513. The Morgan fingerprint density at radius 3 is 2.68 bits per heavy atom. The molecule has 19 heavy (non-hydrogen) atoms. The fourth-order valence-corrected chi connectivity index (χ4v) is 2.26. The highest BCUT2D eigenvalue weighted by Crippen LogP contribution is 2.20. The number of pyridine rings is 1. The van der Waals surface area contributed by atoms with E-state index in [4.69, 9.17) is 0 Å². The zero-order chi connectivity index (χ0) is 14.2. The summed E-state index contributed by atoms with van der Waals surface area (Å²) < 4.78 is 0.882. The molecule has 1 N–H and O–H groups in total. The Balaban J connectivity index is 2.23. The van der Waals surface area contributed by atoms with Crippen molar-refractivity contribution in [1.82, 2.24) is 15.2 Å². The quantitative estimate of drug-likeness (QED) is 0.895. The van der Waals surface area contributed by atoms with Crippen LogP contribution >= 0.6 is 15.9 Å². The van der Waals surface area contributed by atoms with Gasteiger partial charge in [0.15, 0.2) is 0 Å². The third-order valence-corrected chi connectivity index (χ3v) is 3.67. The van der Waals surface area contributed by atoms with E-state index in [1.165, 1.54) is 0 Å². The second-order valence-corrected chi connectivity index (χ2v) is 6.11. The monoisotopic (exact) mass is 325 g/mol. The van der Waals surface area contributed by atoms with Gasteiger partial charge in [0.1, 0.15) is 11.6 Å². The molecule has 0 saturated carbocycles. The molecule has 1 aromatic rings. The number of amides is 2. The molecule has 2 heterocycles. The molecule has 1 aliphatic heterocycles. The molecule has 2 rings (SSSR count). The van der Waals surface area contributed by atoms with E-state index in [0.29, 0.717) is 6.54 Å². The molecule has 0 aliphatic carbocycles. The lowest BCUT2D eigenvalue weighted by atomic mass is 9.97. The van der Waals surface area contributed by atoms with Gasteiger partial charge in [-0.3, -0.25) is 14.6 Å². The van der Waals surface area contributed by atoms with E-state index in [1.54, 1.807) is 31.9 Å². The van der Waals surface area contributed by atoms with Gasteiger partial charge in [-0.15, -0.1) is 0 Å². The summed E-state index contributed by atoms with van der Waals surface area (Å²) in [5, 5.41) is 2.72. The summed E-state index contributed by atoms with van der Waals surface area (Å²) in [6.45, 7) is 5.48. The smallest absolute Gasteiger partial charge is 0.248 e. The van der Waals surface area contributed by atoms with Gasteiger partial charge in [-0.1, -0.05) is 0 Å². The standard InChI is InChI=1S/C13H16BrN3O2/c1-8-11(18)16-13(2,3)12(19)17(8)7-10-5-4-9(14)6-15-10/h4-6,8H,7H2,1-3H3,(H,16,18). The predicted octanol–water partition coefficient (Wildman–Crippen LogP) is 1.47. The largest absolute Gasteiger partial charge is 0.340 e. The summed E-state index contributed by atoms with van der Waals surface area (Å²) in [6, 6.07) is 3.22. The fourth-order valence-electron chi connectivity index (χ4n) is 2.03. The van der Waals surface area contributed by atoms with Crippen LogP contribution in [0.15, 0.2) is 22.8 Å². The maximum atomic E-state index is 12.3. The second kappa shape index (κ2) is 4.92. The Kier molecular flexibility index (Phi) is 3.62. The molecule has 1 saturated heterocycles. The van der Waals surface area contributed by atoms with Gasteiger partial charge in [-0.25, -0.2) is 0 Å². The number of aromatic nitrogens is 1. The number of halogens is 1. The van der Waals surface area contributed by atoms with Crippen molar-refractivity contribution in [3.63, 3.8) is 0 Å². The first-order chi connectivity index (χ1) is 8.81. The first kappa shape index (κ1) is 14.0. The molecule has 0 spiro atoms. The van der Waals surface area contributed by atoms with Crippen molar-refractivity contribution in [2.24, 2.45) is 0 Å². The number of hydrogen-bond donors (Lipinski definition) is 1. The Hall–Kier alpha value is -1.43. The average molecular weight is 326 g/mol. The summed E-state index contributed by atoms with van der Waals surface area (Å²) in [5.41, 5.74) is -0.104. The number of rotatable bonds is 2. The number of nitrogens with one attached hydrogen (secondary N) is 1. The van der Waals surface area contributed by atoms with E-state index in [-0.39, 0.29) is 11.8 Å². The van der Waals surface area contributed by atoms with Gasteiger partial charge in [0, 0.05) is 10.7 Å². The molecule has 6 heteroatoms. The highest BCUT2D eigenvalue weighted by atomic mass is 79.9. The van der Waals surface area contributed by atoms with Crippen LogP contribution in [0, 0.1) is 0 Å². The molecule has 1 unspecified atom stereocenters. The van der Waals surface area contributed by atoms with Crippen LogP contribution in [0.4, 0.5) is 0 Å². The Morgan fingerprint density at radius 2 is 2.11 bits per heavy atom. The molecule has 2 amide bonds. The van der Waals surface area contributed by atoms with E-state index in [2.05, 4.69) is 26.2 Å². The fraction of sp³-hybridized carbons (Fsp3) is 0.462. The highest BCUT2D eigenvalue weighted by molar-refractivity contribution is 9.10. The van der Waals surface area contributed by atoms with Crippen molar-refractivity contribution < 1.29 is 9.59 Å². The molecule has 0 aromatic carbocycles. The minimum atomic E-state index is -0.862. The molecule has 102 valence electrons. The maximum absolute atomic E-state index is 12.3. The lowest BCUT2D eigenvalue weighted by molar-refractivity contribution is -0.153. The van der Waals surface area contributed by atoms with Crippen LogP contribution in [-0.2, 0) is 16.1 Å². The maximum Gasteiger partial charge on any atom is 0.248 e. The molecular weight excluding hydrogens is 310 g/mol. The molecule has 1 atom stereocenters. The molecule has 5 nitrogen and oxygen atoms in total. The van der Waals surface area contributed by atoms with Crippen LogP contribution in [0.25, 0.3) is 0 Å². The third kappa shape index (κ3) is 2.78. The SMILES string of the molecule is CC1C(=O)NC(C)(C)C(=O)N1Cc1ccc(Br)cn1. The summed E-state index contributed by atoms with van der Waals surface area (Å²) >= 11 is 3.31. The van der Waals surface area contributed by atoms with Crippen LogP contribution < -0.4 is 5.32 Å². The Labute approximate surface area is 120 Å². The number of carbonyl (C=O) groups is 2. The average Bonchev–Trinajstić information content (AvgIpc) is 2.34. The summed E-state index contributed by atoms with van der Waals surface area (Å²) in [6.07, 6.45) is 1.68. The Morgan fingerprint density at radius 1 is 1.42 bits per heavy atom. The van der Waals surface area contributed by atoms with E-state index < -0.39 is 11.6 Å². The minimum Gasteiger partial charge on any atom is -0.340 e. The normalized spacial score (nSPS) is 22.3. The van der Waals surface area contributed by atoms with Crippen molar-refractivity contribution in [2.75, 3.05) is 0 Å². The number of carbonyl (C=O) groups excluding carboxylic acids is 2. The molecule has 1 fully saturated rings. The predicted molar refractivity (Wildman–Crippen MR) is 74.2 cm³/mol. The van der Waals surface area contributed by atoms with Crippen LogP contribution in [0.1, 0.15) is 26.5 Å². The summed E-state index contributed by atoms with van der Waals surface area (Å²) in [7, 11) is 0. The third-order valence-electron chi connectivity index (χ3n) is 3.20. The zero-order valence-corrected chi connectivity index (χ0v) is 12.7. The highest BCUT2D eigenvalue weighted by Gasteiger charge is 2.43. The van der Waals surface area contributed by atoms with Crippen LogP contribution in [0.5, 0.6) is 0 Å². The molecule has 0 radical (unpaired) electrons. The van der Waals surface area contributed by atoms with E-state index in [0.717, 1.165) is 10.2 Å². The number of piperazine rings is 1. The number of hydrogen-bond acceptors (Lipinski definition) is 3. The molecule has 0 bridgehead atoms. The topological polar surface area (TPSA) is 62.3 Å². The van der Waals surface area contributed by atoms with Gasteiger partial charge in [-0.05, 0) is 48.8 Å². The van der Waals surface area contributed by atoms with Gasteiger partial charge in [-0.2, -0.15) is 0 Å². The molecule has 1 aliphatic rings. The summed E-state index contributed by atoms with van der Waals surface area (Å²) in [5.74, 6) is -0.231. The van der Waals surface area contributed by atoms with E-state index in [1.807, 2.05) is 12.1 Å². The van der Waals surface area contributed by atoms with Gasteiger partial charge >= 0.3 is 0 Å². The van der Waals surface area contributed by atoms with Crippen molar-refractivity contribution in [3.8, 4) is 0 Å². The van der Waals surface area contributed by atoms with E-state index >= 15 is 0 Å². The zero-order valence-electron chi connectivity index (χ0n) is 11.1. The van der Waals surface area contributed by atoms with Gasteiger partial charge in [0.2, 0.25) is 11.8 Å². The van der Waals surface area contributed by atoms with Crippen molar-refractivity contribution in [2.45, 2.75) is 38.9 Å². The van der Waals surface area contributed by atoms with Crippen molar-refractivity contribution in [1.29, 1.82) is 0 Å². The van der Waals surface area contributed by atoms with Gasteiger partial charge in [0.05, 0.1) is 12.2 Å².